The predicted octanol–water partition coefficient (Wildman–Crippen LogP) is 7.66. The number of thioether (sulfide) groups is 1. The second-order valence-corrected chi connectivity index (χ2v) is 9.92. The number of unbranched alkanes of at least 4 members (excludes halogenated alkanes) is 8. The van der Waals surface area contributed by atoms with E-state index in [0.29, 0.717) is 6.61 Å². The molecule has 3 nitrogen and oxygen atoms in total. The van der Waals surface area contributed by atoms with E-state index >= 15 is 0 Å². The fraction of sp³-hybridized carbons (Fsp3) is 0.545. The molecule has 0 atom stereocenters. The van der Waals surface area contributed by atoms with E-state index in [-0.39, 0.29) is 0 Å². The summed E-state index contributed by atoms with van der Waals surface area (Å²) in [7, 11) is 0. The number of hydrogen-bond acceptors (Lipinski definition) is 5. The van der Waals surface area contributed by atoms with Crippen LogP contribution >= 0.6 is 35.3 Å². The SMILES string of the molecule is C=Cc1ccc(COCCCCCCCCCCCSc2n[nH]c(=S)s2)cc1. The van der Waals surface area contributed by atoms with Crippen LogP contribution in [0.5, 0.6) is 0 Å². The van der Waals surface area contributed by atoms with Crippen molar-refractivity contribution < 1.29 is 4.74 Å². The molecule has 0 unspecified atom stereocenters. The van der Waals surface area contributed by atoms with Crippen LogP contribution in [0.2, 0.25) is 0 Å². The summed E-state index contributed by atoms with van der Waals surface area (Å²) in [5, 5.41) is 7.00. The Morgan fingerprint density at radius 3 is 2.25 bits per heavy atom. The van der Waals surface area contributed by atoms with Gasteiger partial charge < -0.3 is 4.74 Å². The number of ether oxygens (including phenoxy) is 1. The fourth-order valence-electron chi connectivity index (χ4n) is 2.92. The number of benzene rings is 1. The summed E-state index contributed by atoms with van der Waals surface area (Å²) in [5.74, 6) is 1.15. The van der Waals surface area contributed by atoms with Crippen molar-refractivity contribution in [2.75, 3.05) is 12.4 Å². The number of nitrogens with one attached hydrogen (secondary N) is 1. The van der Waals surface area contributed by atoms with E-state index in [4.69, 9.17) is 17.0 Å². The summed E-state index contributed by atoms with van der Waals surface area (Å²) in [4.78, 5) is 0. The Hall–Kier alpha value is -0.950. The fourth-order valence-corrected chi connectivity index (χ4v) is 5.07. The summed E-state index contributed by atoms with van der Waals surface area (Å²) >= 11 is 8.43. The molecule has 2 rings (SSSR count). The Morgan fingerprint density at radius 2 is 1.64 bits per heavy atom. The molecule has 0 aliphatic heterocycles. The van der Waals surface area contributed by atoms with Crippen LogP contribution in [0.3, 0.4) is 0 Å². The molecule has 0 saturated heterocycles. The van der Waals surface area contributed by atoms with Gasteiger partial charge in [0.15, 0.2) is 8.29 Å². The van der Waals surface area contributed by atoms with Crippen LogP contribution in [0.4, 0.5) is 0 Å². The summed E-state index contributed by atoms with van der Waals surface area (Å²) < 4.78 is 7.61. The van der Waals surface area contributed by atoms with E-state index in [0.717, 1.165) is 26.2 Å². The highest BCUT2D eigenvalue weighted by atomic mass is 32.2. The van der Waals surface area contributed by atoms with Crippen molar-refractivity contribution in [2.24, 2.45) is 0 Å². The predicted molar refractivity (Wildman–Crippen MR) is 126 cm³/mol. The number of H-pyrrole nitrogens is 1. The highest BCUT2D eigenvalue weighted by molar-refractivity contribution is 8.01. The normalized spacial score (nSPS) is 11.0. The Balaban J connectivity index is 1.31. The van der Waals surface area contributed by atoms with E-state index in [1.807, 2.05) is 17.8 Å². The molecule has 0 amide bonds. The number of aromatic nitrogens is 2. The van der Waals surface area contributed by atoms with Gasteiger partial charge in [-0.25, -0.2) is 0 Å². The maximum Gasteiger partial charge on any atom is 0.177 e. The summed E-state index contributed by atoms with van der Waals surface area (Å²) in [6, 6.07) is 8.40. The van der Waals surface area contributed by atoms with Crippen LogP contribution < -0.4 is 0 Å². The molecule has 6 heteroatoms. The van der Waals surface area contributed by atoms with Crippen LogP contribution in [0.25, 0.3) is 6.08 Å². The van der Waals surface area contributed by atoms with Gasteiger partial charge in [0.2, 0.25) is 0 Å². The molecule has 0 fully saturated rings. The third-order valence-corrected chi connectivity index (χ3v) is 6.88. The van der Waals surface area contributed by atoms with Crippen LogP contribution in [-0.4, -0.2) is 22.6 Å². The minimum atomic E-state index is 0.713. The van der Waals surface area contributed by atoms with Crippen molar-refractivity contribution in [1.29, 1.82) is 0 Å². The van der Waals surface area contributed by atoms with E-state index in [2.05, 4.69) is 41.0 Å². The molecule has 28 heavy (non-hydrogen) atoms. The molecule has 0 aliphatic carbocycles. The van der Waals surface area contributed by atoms with Crippen molar-refractivity contribution in [2.45, 2.75) is 68.7 Å². The van der Waals surface area contributed by atoms with E-state index in [1.165, 1.54) is 63.4 Å². The van der Waals surface area contributed by atoms with Crippen LogP contribution in [0.15, 0.2) is 35.2 Å². The summed E-state index contributed by atoms with van der Waals surface area (Å²) in [6.07, 6.45) is 13.7. The topological polar surface area (TPSA) is 37.9 Å². The molecule has 1 N–H and O–H groups in total. The van der Waals surface area contributed by atoms with Crippen molar-refractivity contribution in [3.8, 4) is 0 Å². The van der Waals surface area contributed by atoms with Gasteiger partial charge in [0.25, 0.3) is 0 Å². The van der Waals surface area contributed by atoms with Crippen LogP contribution in [-0.2, 0) is 11.3 Å². The van der Waals surface area contributed by atoms with Gasteiger partial charge in [-0.2, -0.15) is 5.10 Å². The molecular formula is C22H32N2OS3. The van der Waals surface area contributed by atoms with Crippen LogP contribution in [0.1, 0.15) is 68.9 Å². The first-order chi connectivity index (χ1) is 13.8. The molecular weight excluding hydrogens is 404 g/mol. The van der Waals surface area contributed by atoms with Gasteiger partial charge in [-0.05, 0) is 36.2 Å². The molecule has 2 aromatic rings. The molecule has 0 spiro atoms. The van der Waals surface area contributed by atoms with Crippen molar-refractivity contribution in [1.82, 2.24) is 10.2 Å². The number of nitrogens with zero attached hydrogens (tertiary/aromatic N) is 1. The molecule has 1 aromatic heterocycles. The molecule has 1 aromatic carbocycles. The van der Waals surface area contributed by atoms with E-state index in [1.54, 1.807) is 11.3 Å². The highest BCUT2D eigenvalue weighted by Crippen LogP contribution is 2.22. The molecule has 154 valence electrons. The van der Waals surface area contributed by atoms with E-state index in [9.17, 15) is 0 Å². The monoisotopic (exact) mass is 436 g/mol. The minimum Gasteiger partial charge on any atom is -0.377 e. The number of rotatable bonds is 16. The first-order valence-corrected chi connectivity index (χ1v) is 12.5. The van der Waals surface area contributed by atoms with Gasteiger partial charge in [-0.15, -0.1) is 0 Å². The average molecular weight is 437 g/mol. The maximum absolute atomic E-state index is 5.77. The Morgan fingerprint density at radius 1 is 1.00 bits per heavy atom. The third kappa shape index (κ3) is 10.6. The van der Waals surface area contributed by atoms with Crippen molar-refractivity contribution in [3.63, 3.8) is 0 Å². The first-order valence-electron chi connectivity index (χ1n) is 10.3. The lowest BCUT2D eigenvalue weighted by Gasteiger charge is -2.05. The zero-order valence-corrected chi connectivity index (χ0v) is 19.1. The second kappa shape index (κ2) is 15.0. The minimum absolute atomic E-state index is 0.713. The largest absolute Gasteiger partial charge is 0.377 e. The Kier molecular flexibility index (Phi) is 12.5. The van der Waals surface area contributed by atoms with Gasteiger partial charge in [-0.1, -0.05) is 105 Å². The third-order valence-electron chi connectivity index (χ3n) is 4.56. The van der Waals surface area contributed by atoms with Gasteiger partial charge in [0.05, 0.1) is 6.61 Å². The van der Waals surface area contributed by atoms with Gasteiger partial charge in [-0.3, -0.25) is 5.10 Å². The average Bonchev–Trinajstić information content (AvgIpc) is 3.13. The maximum atomic E-state index is 5.77. The van der Waals surface area contributed by atoms with Gasteiger partial charge in [0.1, 0.15) is 0 Å². The second-order valence-electron chi connectivity index (χ2n) is 6.91. The quantitative estimate of drug-likeness (QED) is 0.166. The first kappa shape index (κ1) is 23.3. The molecule has 0 saturated carbocycles. The highest BCUT2D eigenvalue weighted by Gasteiger charge is 1.99. The molecule has 0 radical (unpaired) electrons. The Labute approximate surface area is 183 Å². The zero-order valence-electron chi connectivity index (χ0n) is 16.7. The number of hydrogen-bond donors (Lipinski definition) is 1. The van der Waals surface area contributed by atoms with Crippen LogP contribution in [0, 0.1) is 3.95 Å². The lowest BCUT2D eigenvalue weighted by Crippen LogP contribution is -1.95. The Bertz CT molecular complexity index is 709. The standard InChI is InChI=1S/C22H32N2OS3/c1-2-19-12-14-20(15-13-19)18-25-16-10-8-6-4-3-5-7-9-11-17-27-22-24-23-21(26)28-22/h2,12-15H,1,3-11,16-18H2,(H,23,26). The molecule has 1 heterocycles. The van der Waals surface area contributed by atoms with Gasteiger partial charge in [0, 0.05) is 12.4 Å². The number of aromatic amines is 1. The van der Waals surface area contributed by atoms with Crippen molar-refractivity contribution >= 4 is 41.4 Å². The summed E-state index contributed by atoms with van der Waals surface area (Å²) in [5.41, 5.74) is 2.39. The van der Waals surface area contributed by atoms with Crippen molar-refractivity contribution in [3.05, 3.63) is 45.9 Å². The molecule has 0 bridgehead atoms. The molecule has 0 aliphatic rings. The zero-order chi connectivity index (χ0) is 19.9. The lowest BCUT2D eigenvalue weighted by molar-refractivity contribution is 0.116. The van der Waals surface area contributed by atoms with Gasteiger partial charge >= 0.3 is 0 Å². The lowest BCUT2D eigenvalue weighted by atomic mass is 10.1. The summed E-state index contributed by atoms with van der Waals surface area (Å²) in [6.45, 7) is 5.35. The smallest absolute Gasteiger partial charge is 0.177 e. The van der Waals surface area contributed by atoms with E-state index < -0.39 is 0 Å².